The van der Waals surface area contributed by atoms with Crippen molar-refractivity contribution in [3.05, 3.63) is 30.3 Å². The lowest BCUT2D eigenvalue weighted by Crippen LogP contribution is -2.43. The van der Waals surface area contributed by atoms with E-state index in [0.717, 1.165) is 12.1 Å². The molecule has 2 rings (SSSR count). The zero-order valence-corrected chi connectivity index (χ0v) is 10.3. The Bertz CT molecular complexity index is 364. The highest BCUT2D eigenvalue weighted by molar-refractivity contribution is 5.89. The predicted molar refractivity (Wildman–Crippen MR) is 70.0 cm³/mol. The highest BCUT2D eigenvalue weighted by Gasteiger charge is 2.22. The Morgan fingerprint density at radius 3 is 2.59 bits per heavy atom. The van der Waals surface area contributed by atoms with Gasteiger partial charge in [-0.1, -0.05) is 38.0 Å². The van der Waals surface area contributed by atoms with Gasteiger partial charge < -0.3 is 10.6 Å². The van der Waals surface area contributed by atoms with E-state index < -0.39 is 0 Å². The molecule has 3 heteroatoms. The van der Waals surface area contributed by atoms with Gasteiger partial charge in [0.15, 0.2) is 0 Å². The molecule has 0 bridgehead atoms. The molecule has 0 aromatic heterocycles. The van der Waals surface area contributed by atoms with E-state index in [0.29, 0.717) is 12.0 Å². The Morgan fingerprint density at radius 1 is 1.18 bits per heavy atom. The first-order chi connectivity index (χ1) is 8.25. The van der Waals surface area contributed by atoms with E-state index >= 15 is 0 Å². The molecule has 17 heavy (non-hydrogen) atoms. The van der Waals surface area contributed by atoms with Crippen LogP contribution in [0.5, 0.6) is 0 Å². The molecule has 0 spiro atoms. The number of carbonyl (C=O) groups excluding carboxylic acids is 1. The summed E-state index contributed by atoms with van der Waals surface area (Å²) in [5, 5.41) is 5.93. The fourth-order valence-electron chi connectivity index (χ4n) is 2.39. The maximum absolute atomic E-state index is 11.8. The number of amides is 2. The summed E-state index contributed by atoms with van der Waals surface area (Å²) >= 11 is 0. The zero-order chi connectivity index (χ0) is 12.1. The van der Waals surface area contributed by atoms with Gasteiger partial charge in [-0.15, -0.1) is 0 Å². The van der Waals surface area contributed by atoms with Crippen LogP contribution in [0.25, 0.3) is 0 Å². The highest BCUT2D eigenvalue weighted by Crippen LogP contribution is 2.23. The quantitative estimate of drug-likeness (QED) is 0.806. The number of urea groups is 1. The molecule has 1 aliphatic rings. The summed E-state index contributed by atoms with van der Waals surface area (Å²) in [5.74, 6) is 0.588. The molecule has 92 valence electrons. The summed E-state index contributed by atoms with van der Waals surface area (Å²) in [4.78, 5) is 11.8. The van der Waals surface area contributed by atoms with Crippen molar-refractivity contribution in [1.82, 2.24) is 5.32 Å². The van der Waals surface area contributed by atoms with Crippen LogP contribution in [0, 0.1) is 5.92 Å². The molecule has 0 aliphatic heterocycles. The summed E-state index contributed by atoms with van der Waals surface area (Å²) < 4.78 is 0. The molecular formula is C14H20N2O. The van der Waals surface area contributed by atoms with E-state index in [1.54, 1.807) is 0 Å². The van der Waals surface area contributed by atoms with Crippen molar-refractivity contribution < 1.29 is 4.79 Å². The van der Waals surface area contributed by atoms with Crippen molar-refractivity contribution in [3.63, 3.8) is 0 Å². The minimum absolute atomic E-state index is 0.0880. The van der Waals surface area contributed by atoms with Crippen LogP contribution in [-0.4, -0.2) is 12.1 Å². The van der Waals surface area contributed by atoms with E-state index in [-0.39, 0.29) is 6.03 Å². The van der Waals surface area contributed by atoms with Crippen LogP contribution in [0.15, 0.2) is 30.3 Å². The van der Waals surface area contributed by atoms with E-state index in [4.69, 9.17) is 0 Å². The molecule has 0 unspecified atom stereocenters. The molecule has 0 saturated heterocycles. The van der Waals surface area contributed by atoms with Crippen molar-refractivity contribution in [2.45, 2.75) is 38.6 Å². The third-order valence-electron chi connectivity index (χ3n) is 3.46. The van der Waals surface area contributed by atoms with Crippen LogP contribution >= 0.6 is 0 Å². The van der Waals surface area contributed by atoms with Gasteiger partial charge in [-0.3, -0.25) is 0 Å². The second-order valence-corrected chi connectivity index (χ2v) is 4.83. The average molecular weight is 232 g/mol. The Hall–Kier alpha value is -1.51. The topological polar surface area (TPSA) is 41.1 Å². The van der Waals surface area contributed by atoms with Gasteiger partial charge in [0.2, 0.25) is 0 Å². The molecule has 1 fully saturated rings. The fourth-order valence-corrected chi connectivity index (χ4v) is 2.39. The number of carbonyl (C=O) groups is 1. The minimum Gasteiger partial charge on any atom is -0.335 e. The Balaban J connectivity index is 1.84. The lowest BCUT2D eigenvalue weighted by Gasteiger charge is -2.29. The zero-order valence-electron chi connectivity index (χ0n) is 10.3. The molecule has 2 amide bonds. The van der Waals surface area contributed by atoms with Gasteiger partial charge in [0.25, 0.3) is 0 Å². The number of hydrogen-bond acceptors (Lipinski definition) is 1. The third-order valence-corrected chi connectivity index (χ3v) is 3.46. The smallest absolute Gasteiger partial charge is 0.319 e. The van der Waals surface area contributed by atoms with Gasteiger partial charge in [0.1, 0.15) is 0 Å². The summed E-state index contributed by atoms with van der Waals surface area (Å²) in [6, 6.07) is 9.79. The lowest BCUT2D eigenvalue weighted by molar-refractivity contribution is 0.232. The van der Waals surface area contributed by atoms with Crippen molar-refractivity contribution in [2.24, 2.45) is 5.92 Å². The van der Waals surface area contributed by atoms with Gasteiger partial charge in [0, 0.05) is 11.7 Å². The van der Waals surface area contributed by atoms with Crippen LogP contribution in [-0.2, 0) is 0 Å². The summed E-state index contributed by atoms with van der Waals surface area (Å²) in [6.45, 7) is 2.21. The normalized spacial score (nSPS) is 24.1. The summed E-state index contributed by atoms with van der Waals surface area (Å²) in [5.41, 5.74) is 0.841. The third kappa shape index (κ3) is 3.48. The SMILES string of the molecule is C[C@H]1CCCC[C@@H]1NC(=O)Nc1ccccc1. The molecule has 0 heterocycles. The van der Waals surface area contributed by atoms with Crippen LogP contribution in [0.4, 0.5) is 10.5 Å². The number of nitrogens with one attached hydrogen (secondary N) is 2. The number of anilines is 1. The van der Waals surface area contributed by atoms with E-state index in [1.807, 2.05) is 30.3 Å². The molecule has 0 radical (unpaired) electrons. The molecule has 1 aliphatic carbocycles. The van der Waals surface area contributed by atoms with E-state index in [1.165, 1.54) is 19.3 Å². The molecule has 2 N–H and O–H groups in total. The molecular weight excluding hydrogens is 212 g/mol. The van der Waals surface area contributed by atoms with Crippen molar-refractivity contribution in [3.8, 4) is 0 Å². The number of hydrogen-bond donors (Lipinski definition) is 2. The minimum atomic E-state index is -0.0880. The Labute approximate surface area is 103 Å². The maximum Gasteiger partial charge on any atom is 0.319 e. The fraction of sp³-hybridized carbons (Fsp3) is 0.500. The molecule has 2 atom stereocenters. The average Bonchev–Trinajstić information content (AvgIpc) is 2.33. The van der Waals surface area contributed by atoms with Crippen molar-refractivity contribution in [1.29, 1.82) is 0 Å². The van der Waals surface area contributed by atoms with E-state index in [9.17, 15) is 4.79 Å². The Kier molecular flexibility index (Phi) is 4.02. The second kappa shape index (κ2) is 5.71. The van der Waals surface area contributed by atoms with Crippen LogP contribution < -0.4 is 10.6 Å². The monoisotopic (exact) mass is 232 g/mol. The standard InChI is InChI=1S/C14H20N2O/c1-11-7-5-6-10-13(11)16-14(17)15-12-8-3-2-4-9-12/h2-4,8-9,11,13H,5-7,10H2,1H3,(H2,15,16,17)/t11-,13-/m0/s1. The number of benzene rings is 1. The molecule has 1 aromatic carbocycles. The number of rotatable bonds is 2. The highest BCUT2D eigenvalue weighted by atomic mass is 16.2. The van der Waals surface area contributed by atoms with Crippen LogP contribution in [0.3, 0.4) is 0 Å². The summed E-state index contributed by atoms with van der Waals surface area (Å²) in [6.07, 6.45) is 4.83. The van der Waals surface area contributed by atoms with Gasteiger partial charge in [-0.05, 0) is 30.9 Å². The van der Waals surface area contributed by atoms with Crippen LogP contribution in [0.2, 0.25) is 0 Å². The van der Waals surface area contributed by atoms with Crippen LogP contribution in [0.1, 0.15) is 32.6 Å². The van der Waals surface area contributed by atoms with Gasteiger partial charge >= 0.3 is 6.03 Å². The van der Waals surface area contributed by atoms with Crippen molar-refractivity contribution >= 4 is 11.7 Å². The second-order valence-electron chi connectivity index (χ2n) is 4.83. The predicted octanol–water partition coefficient (Wildman–Crippen LogP) is 3.39. The molecule has 1 aromatic rings. The largest absolute Gasteiger partial charge is 0.335 e. The van der Waals surface area contributed by atoms with Crippen molar-refractivity contribution in [2.75, 3.05) is 5.32 Å². The lowest BCUT2D eigenvalue weighted by atomic mass is 9.86. The van der Waals surface area contributed by atoms with E-state index in [2.05, 4.69) is 17.6 Å². The van der Waals surface area contributed by atoms with Gasteiger partial charge in [-0.25, -0.2) is 4.79 Å². The van der Waals surface area contributed by atoms with Gasteiger partial charge in [-0.2, -0.15) is 0 Å². The number of para-hydroxylation sites is 1. The van der Waals surface area contributed by atoms with Gasteiger partial charge in [0.05, 0.1) is 0 Å². The molecule has 3 nitrogen and oxygen atoms in total. The maximum atomic E-state index is 11.8. The Morgan fingerprint density at radius 2 is 1.88 bits per heavy atom. The molecule has 1 saturated carbocycles. The first-order valence-corrected chi connectivity index (χ1v) is 6.38. The first kappa shape index (κ1) is 12.0. The first-order valence-electron chi connectivity index (χ1n) is 6.38. The summed E-state index contributed by atoms with van der Waals surface area (Å²) in [7, 11) is 0.